The Labute approximate surface area is 227 Å². The van der Waals surface area contributed by atoms with Crippen LogP contribution in [0, 0.1) is 5.92 Å². The number of amides is 1. The SMILES string of the molecule is COC(=O)C[C@H]1[C@@H](c2ccc(C(=O)OC)n(Cc3ccc(OC)cc3)c2=O)CN(C(=O)OC(C)(C)C)[C@@H]1CO. The number of aliphatic hydroxyl groups excluding tert-OH is 1. The lowest BCUT2D eigenvalue weighted by Gasteiger charge is -2.29. The summed E-state index contributed by atoms with van der Waals surface area (Å²) < 4.78 is 21.8. The van der Waals surface area contributed by atoms with Crippen LogP contribution >= 0.6 is 0 Å². The molecule has 212 valence electrons. The molecule has 3 rings (SSSR count). The van der Waals surface area contributed by atoms with Crippen molar-refractivity contribution in [2.75, 3.05) is 34.5 Å². The first-order valence-electron chi connectivity index (χ1n) is 12.6. The van der Waals surface area contributed by atoms with Gasteiger partial charge in [0.25, 0.3) is 5.56 Å². The molecule has 39 heavy (non-hydrogen) atoms. The van der Waals surface area contributed by atoms with Gasteiger partial charge in [-0.25, -0.2) is 9.59 Å². The maximum atomic E-state index is 13.9. The number of hydrogen-bond acceptors (Lipinski definition) is 9. The van der Waals surface area contributed by atoms with Gasteiger partial charge in [-0.15, -0.1) is 0 Å². The Kier molecular flexibility index (Phi) is 9.39. The molecule has 2 aromatic rings. The van der Waals surface area contributed by atoms with Gasteiger partial charge in [0.2, 0.25) is 0 Å². The lowest BCUT2D eigenvalue weighted by molar-refractivity contribution is -0.142. The smallest absolute Gasteiger partial charge is 0.410 e. The van der Waals surface area contributed by atoms with Crippen molar-refractivity contribution in [3.8, 4) is 5.75 Å². The Morgan fingerprint density at radius 1 is 1.00 bits per heavy atom. The van der Waals surface area contributed by atoms with E-state index in [4.69, 9.17) is 18.9 Å². The second-order valence-corrected chi connectivity index (χ2v) is 10.3. The number of ether oxygens (including phenoxy) is 4. The van der Waals surface area contributed by atoms with Crippen LogP contribution in [-0.2, 0) is 25.5 Å². The third-order valence-corrected chi connectivity index (χ3v) is 6.75. The summed E-state index contributed by atoms with van der Waals surface area (Å²) in [7, 11) is 4.02. The van der Waals surface area contributed by atoms with Crippen LogP contribution in [0.1, 0.15) is 54.7 Å². The molecule has 1 aromatic carbocycles. The molecular formula is C28H36N2O9. The minimum absolute atomic E-state index is 0.0249. The molecule has 0 saturated carbocycles. The van der Waals surface area contributed by atoms with Gasteiger partial charge in [-0.3, -0.25) is 14.2 Å². The second kappa shape index (κ2) is 12.3. The molecule has 2 heterocycles. The molecule has 1 N–H and O–H groups in total. The Hall–Kier alpha value is -3.86. The molecule has 0 radical (unpaired) electrons. The number of methoxy groups -OCH3 is 3. The molecule has 0 spiro atoms. The van der Waals surface area contributed by atoms with Crippen LogP contribution in [0.2, 0.25) is 0 Å². The van der Waals surface area contributed by atoms with E-state index in [1.807, 2.05) is 0 Å². The van der Waals surface area contributed by atoms with E-state index >= 15 is 0 Å². The first-order valence-corrected chi connectivity index (χ1v) is 12.6. The van der Waals surface area contributed by atoms with E-state index < -0.39 is 53.7 Å². The zero-order chi connectivity index (χ0) is 28.9. The van der Waals surface area contributed by atoms with Gasteiger partial charge in [0.1, 0.15) is 17.0 Å². The monoisotopic (exact) mass is 544 g/mol. The van der Waals surface area contributed by atoms with Gasteiger partial charge in [0, 0.05) is 23.9 Å². The van der Waals surface area contributed by atoms with Crippen LogP contribution < -0.4 is 10.3 Å². The number of esters is 2. The van der Waals surface area contributed by atoms with Crippen molar-refractivity contribution >= 4 is 18.0 Å². The maximum Gasteiger partial charge on any atom is 0.410 e. The molecule has 1 saturated heterocycles. The van der Waals surface area contributed by atoms with E-state index in [9.17, 15) is 24.3 Å². The molecule has 0 bridgehead atoms. The molecule has 1 aliphatic heterocycles. The van der Waals surface area contributed by atoms with Crippen molar-refractivity contribution < 1.29 is 38.4 Å². The summed E-state index contributed by atoms with van der Waals surface area (Å²) >= 11 is 0. The van der Waals surface area contributed by atoms with Gasteiger partial charge in [0.15, 0.2) is 0 Å². The average molecular weight is 545 g/mol. The predicted octanol–water partition coefficient (Wildman–Crippen LogP) is 2.57. The fraction of sp³-hybridized carbons (Fsp3) is 0.500. The summed E-state index contributed by atoms with van der Waals surface area (Å²) in [6.07, 6.45) is -0.800. The number of rotatable bonds is 8. The quantitative estimate of drug-likeness (QED) is 0.393. The van der Waals surface area contributed by atoms with E-state index in [0.717, 1.165) is 5.56 Å². The van der Waals surface area contributed by atoms with Crippen molar-refractivity contribution in [1.82, 2.24) is 9.47 Å². The van der Waals surface area contributed by atoms with Crippen LogP contribution in [0.3, 0.4) is 0 Å². The minimum atomic E-state index is -0.793. The first-order chi connectivity index (χ1) is 18.4. The van der Waals surface area contributed by atoms with Crippen LogP contribution in [0.4, 0.5) is 4.79 Å². The van der Waals surface area contributed by atoms with Gasteiger partial charge in [-0.05, 0) is 44.5 Å². The Morgan fingerprint density at radius 2 is 1.67 bits per heavy atom. The number of hydrogen-bond donors (Lipinski definition) is 1. The topological polar surface area (TPSA) is 134 Å². The van der Waals surface area contributed by atoms with Crippen LogP contribution in [-0.4, -0.2) is 78.7 Å². The standard InChI is InChI=1S/C28H36N2O9/c1-28(2,3)39-27(35)30-15-21(20(23(30)16-31)13-24(32)37-5)19-11-12-22(26(34)38-6)29(25(19)33)14-17-7-9-18(36-4)10-8-17/h7-12,20-21,23,31H,13-16H2,1-6H3/t20-,21+,23+/m0/s1. The number of carbonyl (C=O) groups is 3. The molecule has 11 nitrogen and oxygen atoms in total. The zero-order valence-corrected chi connectivity index (χ0v) is 23.1. The van der Waals surface area contributed by atoms with E-state index in [1.165, 1.54) is 35.8 Å². The molecule has 1 amide bonds. The Balaban J connectivity index is 2.11. The zero-order valence-electron chi connectivity index (χ0n) is 23.1. The highest BCUT2D eigenvalue weighted by atomic mass is 16.6. The van der Waals surface area contributed by atoms with Crippen molar-refractivity contribution in [2.24, 2.45) is 5.92 Å². The molecule has 1 fully saturated rings. The van der Waals surface area contributed by atoms with E-state index in [-0.39, 0.29) is 30.8 Å². The normalized spacial score (nSPS) is 18.9. The van der Waals surface area contributed by atoms with Gasteiger partial charge >= 0.3 is 18.0 Å². The van der Waals surface area contributed by atoms with Crippen LogP contribution in [0.25, 0.3) is 0 Å². The fourth-order valence-corrected chi connectivity index (χ4v) is 4.86. The summed E-state index contributed by atoms with van der Waals surface area (Å²) in [6.45, 7) is 4.81. The number of aliphatic hydroxyl groups is 1. The summed E-state index contributed by atoms with van der Waals surface area (Å²) in [4.78, 5) is 53.3. The second-order valence-electron chi connectivity index (χ2n) is 10.3. The van der Waals surface area contributed by atoms with Crippen molar-refractivity contribution in [3.05, 3.63) is 63.6 Å². The number of aromatic nitrogens is 1. The van der Waals surface area contributed by atoms with Gasteiger partial charge in [0.05, 0.1) is 46.9 Å². The van der Waals surface area contributed by atoms with Gasteiger partial charge in [-0.1, -0.05) is 18.2 Å². The third kappa shape index (κ3) is 6.78. The summed E-state index contributed by atoms with van der Waals surface area (Å²) in [5.74, 6) is -1.87. The molecule has 11 heteroatoms. The first kappa shape index (κ1) is 29.7. The minimum Gasteiger partial charge on any atom is -0.497 e. The highest BCUT2D eigenvalue weighted by Gasteiger charge is 2.47. The lowest BCUT2D eigenvalue weighted by Crippen LogP contribution is -2.43. The number of nitrogens with zero attached hydrogens (tertiary/aromatic N) is 2. The van der Waals surface area contributed by atoms with E-state index in [0.29, 0.717) is 5.75 Å². The van der Waals surface area contributed by atoms with Gasteiger partial charge < -0.3 is 29.0 Å². The lowest BCUT2D eigenvalue weighted by atomic mass is 9.83. The van der Waals surface area contributed by atoms with Crippen molar-refractivity contribution in [1.29, 1.82) is 0 Å². The third-order valence-electron chi connectivity index (χ3n) is 6.75. The Morgan fingerprint density at radius 3 is 2.21 bits per heavy atom. The molecule has 1 aliphatic rings. The molecule has 0 aliphatic carbocycles. The largest absolute Gasteiger partial charge is 0.497 e. The summed E-state index contributed by atoms with van der Waals surface area (Å²) in [5, 5.41) is 10.3. The molecule has 1 aromatic heterocycles. The van der Waals surface area contributed by atoms with Crippen LogP contribution in [0.15, 0.2) is 41.2 Å². The fourth-order valence-electron chi connectivity index (χ4n) is 4.86. The Bertz CT molecular complexity index is 1250. The summed E-state index contributed by atoms with van der Waals surface area (Å²) in [6, 6.07) is 9.26. The van der Waals surface area contributed by atoms with Crippen molar-refractivity contribution in [3.63, 3.8) is 0 Å². The summed E-state index contributed by atoms with van der Waals surface area (Å²) in [5.41, 5.74) is -0.195. The van der Waals surface area contributed by atoms with E-state index in [2.05, 4.69) is 0 Å². The highest BCUT2D eigenvalue weighted by Crippen LogP contribution is 2.39. The highest BCUT2D eigenvalue weighted by molar-refractivity contribution is 5.87. The number of benzene rings is 1. The molecule has 3 atom stereocenters. The molecule has 0 unspecified atom stereocenters. The number of pyridine rings is 1. The van der Waals surface area contributed by atoms with Crippen LogP contribution in [0.5, 0.6) is 5.75 Å². The van der Waals surface area contributed by atoms with Crippen molar-refractivity contribution in [2.45, 2.75) is 51.3 Å². The molecular weight excluding hydrogens is 508 g/mol. The predicted molar refractivity (Wildman–Crippen MR) is 141 cm³/mol. The number of likely N-dealkylation sites (tertiary alicyclic amines) is 1. The maximum absolute atomic E-state index is 13.9. The van der Waals surface area contributed by atoms with E-state index in [1.54, 1.807) is 52.1 Å². The van der Waals surface area contributed by atoms with Gasteiger partial charge in [-0.2, -0.15) is 0 Å². The number of carbonyl (C=O) groups excluding carboxylic acids is 3. The average Bonchev–Trinajstić information content (AvgIpc) is 3.26.